The summed E-state index contributed by atoms with van der Waals surface area (Å²) in [6.07, 6.45) is 3.63. The number of hydrogen-bond acceptors (Lipinski definition) is 7. The lowest BCUT2D eigenvalue weighted by Gasteiger charge is -2.44. The van der Waals surface area contributed by atoms with Crippen LogP contribution in [0.3, 0.4) is 0 Å². The molecule has 3 aliphatic rings. The minimum absolute atomic E-state index is 0.220. The Morgan fingerprint density at radius 3 is 2.87 bits per heavy atom. The smallest absolute Gasteiger partial charge is 0.157 e. The molecule has 1 unspecified atom stereocenters. The fourth-order valence-corrected chi connectivity index (χ4v) is 5.21. The van der Waals surface area contributed by atoms with E-state index < -0.39 is 5.60 Å². The maximum absolute atomic E-state index is 11.2. The van der Waals surface area contributed by atoms with Crippen LogP contribution in [0.5, 0.6) is 11.5 Å². The summed E-state index contributed by atoms with van der Waals surface area (Å²) in [7, 11) is 2.16. The second-order valence-electron chi connectivity index (χ2n) is 9.23. The Labute approximate surface area is 177 Å². The Bertz CT molecular complexity index is 991. The molecule has 0 radical (unpaired) electrons. The molecule has 1 fully saturated rings. The van der Waals surface area contributed by atoms with E-state index in [0.29, 0.717) is 36.7 Å². The highest BCUT2D eigenvalue weighted by atomic mass is 16.5. The number of aromatic hydroxyl groups is 1. The molecular weight excluding hydrogens is 380 g/mol. The summed E-state index contributed by atoms with van der Waals surface area (Å²) < 4.78 is 5.62. The zero-order valence-electron chi connectivity index (χ0n) is 18.0. The fourth-order valence-electron chi connectivity index (χ4n) is 5.21. The fraction of sp³-hybridized carbons (Fsp3) is 0.565. The number of benzene rings is 1. The van der Waals surface area contributed by atoms with Crippen LogP contribution in [0.2, 0.25) is 0 Å². The van der Waals surface area contributed by atoms with Gasteiger partial charge in [0.1, 0.15) is 11.5 Å². The van der Waals surface area contributed by atoms with Crippen LogP contribution in [-0.2, 0) is 12.0 Å². The Kier molecular flexibility index (Phi) is 4.63. The monoisotopic (exact) mass is 410 g/mol. The number of fused-ring (bicyclic) bond motifs is 2. The van der Waals surface area contributed by atoms with E-state index >= 15 is 0 Å². The molecule has 2 aromatic rings. The first kappa shape index (κ1) is 19.6. The maximum Gasteiger partial charge on any atom is 0.157 e. The van der Waals surface area contributed by atoms with Gasteiger partial charge in [-0.05, 0) is 64.4 Å². The largest absolute Gasteiger partial charge is 0.507 e. The summed E-state index contributed by atoms with van der Waals surface area (Å²) in [5.41, 5.74) is 2.82. The lowest BCUT2D eigenvalue weighted by molar-refractivity contribution is 0.0429. The molecule has 2 N–H and O–H groups in total. The molecule has 0 saturated carbocycles. The summed E-state index contributed by atoms with van der Waals surface area (Å²) in [6.45, 7) is 7.27. The third-order valence-electron chi connectivity index (χ3n) is 6.93. The molecule has 7 heteroatoms. The number of likely N-dealkylation sites (N-methyl/N-ethyl adjacent to an activating group) is 1. The van der Waals surface area contributed by atoms with Crippen LogP contribution in [-0.4, -0.2) is 64.6 Å². The lowest BCUT2D eigenvalue weighted by atomic mass is 9.86. The van der Waals surface area contributed by atoms with Crippen molar-refractivity contribution in [1.82, 2.24) is 15.1 Å². The molecule has 160 valence electrons. The Morgan fingerprint density at radius 1 is 1.23 bits per heavy atom. The molecule has 0 bridgehead atoms. The van der Waals surface area contributed by atoms with E-state index in [1.807, 2.05) is 26.0 Å². The molecule has 5 rings (SSSR count). The van der Waals surface area contributed by atoms with Crippen LogP contribution in [0.1, 0.15) is 42.9 Å². The molecular formula is C23H30N4O3. The van der Waals surface area contributed by atoms with Crippen LogP contribution >= 0.6 is 0 Å². The highest BCUT2D eigenvalue weighted by Gasteiger charge is 2.38. The number of aliphatic hydroxyl groups is 1. The van der Waals surface area contributed by atoms with E-state index in [9.17, 15) is 10.2 Å². The molecule has 1 aromatic heterocycles. The van der Waals surface area contributed by atoms with Crippen LogP contribution < -0.4 is 9.64 Å². The summed E-state index contributed by atoms with van der Waals surface area (Å²) >= 11 is 0. The number of rotatable bonds is 2. The number of phenolic OH excluding ortho intramolecular Hbond substituents is 1. The van der Waals surface area contributed by atoms with Gasteiger partial charge >= 0.3 is 0 Å². The number of aromatic nitrogens is 2. The predicted molar refractivity (Wildman–Crippen MR) is 115 cm³/mol. The van der Waals surface area contributed by atoms with Crippen LogP contribution in [0.4, 0.5) is 5.82 Å². The van der Waals surface area contributed by atoms with E-state index in [2.05, 4.69) is 27.0 Å². The second kappa shape index (κ2) is 7.10. The van der Waals surface area contributed by atoms with E-state index in [-0.39, 0.29) is 5.75 Å². The highest BCUT2D eigenvalue weighted by molar-refractivity contribution is 5.76. The van der Waals surface area contributed by atoms with E-state index in [1.165, 1.54) is 6.42 Å². The lowest BCUT2D eigenvalue weighted by Crippen LogP contribution is -2.51. The van der Waals surface area contributed by atoms with Gasteiger partial charge in [0.15, 0.2) is 5.82 Å². The van der Waals surface area contributed by atoms with Gasteiger partial charge in [-0.25, -0.2) is 0 Å². The number of phenols is 1. The van der Waals surface area contributed by atoms with Gasteiger partial charge in [0.05, 0.1) is 17.9 Å². The summed E-state index contributed by atoms with van der Waals surface area (Å²) in [5.74, 6) is 1.74. The molecule has 2 atom stereocenters. The minimum atomic E-state index is -0.972. The average Bonchev–Trinajstić information content (AvgIpc) is 3.17. The van der Waals surface area contributed by atoms with Gasteiger partial charge in [0.2, 0.25) is 0 Å². The predicted octanol–water partition coefficient (Wildman–Crippen LogP) is 2.60. The minimum Gasteiger partial charge on any atom is -0.507 e. The number of likely N-dealkylation sites (tertiary alicyclic amines) is 1. The van der Waals surface area contributed by atoms with Crippen LogP contribution in [0.25, 0.3) is 11.3 Å². The normalized spacial score (nSPS) is 26.3. The molecule has 3 aliphatic heterocycles. The number of hydrogen-bond donors (Lipinski definition) is 2. The first-order valence-corrected chi connectivity index (χ1v) is 10.9. The van der Waals surface area contributed by atoms with Gasteiger partial charge in [0, 0.05) is 42.2 Å². The van der Waals surface area contributed by atoms with E-state index in [1.54, 1.807) is 0 Å². The Morgan fingerprint density at radius 2 is 2.07 bits per heavy atom. The molecule has 0 aliphatic carbocycles. The van der Waals surface area contributed by atoms with Gasteiger partial charge in [-0.1, -0.05) is 0 Å². The van der Waals surface area contributed by atoms with Gasteiger partial charge < -0.3 is 24.7 Å². The second-order valence-corrected chi connectivity index (χ2v) is 9.23. The first-order chi connectivity index (χ1) is 14.3. The number of aryl methyl sites for hydroxylation is 1. The molecule has 0 amide bonds. The van der Waals surface area contributed by atoms with E-state index in [0.717, 1.165) is 54.3 Å². The standard InChI is InChI=1S/C23H30N4O3/c1-14-11-19-16(6-10-30-19)21(28)20(14)18-12-17-22(25-24-18)27(9-7-23(17,2)29)15-5-4-8-26(3)13-15/h11-12,15,28-29H,4-10,13H2,1-3H3/t15-,23?/m1/s1. The van der Waals surface area contributed by atoms with Crippen molar-refractivity contribution in [2.24, 2.45) is 0 Å². The molecule has 0 spiro atoms. The quantitative estimate of drug-likeness (QED) is 0.788. The summed E-state index contributed by atoms with van der Waals surface area (Å²) in [4.78, 5) is 4.68. The maximum atomic E-state index is 11.2. The van der Waals surface area contributed by atoms with Crippen molar-refractivity contribution in [2.75, 3.05) is 38.2 Å². The number of ether oxygens (including phenoxy) is 1. The van der Waals surface area contributed by atoms with Crippen molar-refractivity contribution in [3.8, 4) is 22.8 Å². The zero-order chi connectivity index (χ0) is 21.0. The third kappa shape index (κ3) is 3.11. The number of nitrogens with zero attached hydrogens (tertiary/aromatic N) is 4. The average molecular weight is 411 g/mol. The molecule has 1 aromatic carbocycles. The summed E-state index contributed by atoms with van der Waals surface area (Å²) in [6, 6.07) is 4.26. The Balaban J connectivity index is 1.59. The van der Waals surface area contributed by atoms with Gasteiger partial charge in [0.25, 0.3) is 0 Å². The SMILES string of the molecule is Cc1cc2c(c(O)c1-c1cc3c(nn1)N([C@@H]1CCCN(C)C1)CCC3(C)O)CCO2. The van der Waals surface area contributed by atoms with Crippen LogP contribution in [0.15, 0.2) is 12.1 Å². The molecule has 1 saturated heterocycles. The topological polar surface area (TPSA) is 82.0 Å². The number of anilines is 1. The van der Waals surface area contributed by atoms with Crippen molar-refractivity contribution in [2.45, 2.75) is 51.2 Å². The third-order valence-corrected chi connectivity index (χ3v) is 6.93. The van der Waals surface area contributed by atoms with Crippen molar-refractivity contribution in [1.29, 1.82) is 0 Å². The van der Waals surface area contributed by atoms with Gasteiger partial charge in [-0.3, -0.25) is 0 Å². The number of piperidine rings is 1. The van der Waals surface area contributed by atoms with Crippen molar-refractivity contribution >= 4 is 5.82 Å². The molecule has 30 heavy (non-hydrogen) atoms. The van der Waals surface area contributed by atoms with Crippen LogP contribution in [0, 0.1) is 6.92 Å². The summed E-state index contributed by atoms with van der Waals surface area (Å²) in [5, 5.41) is 31.2. The van der Waals surface area contributed by atoms with Crippen molar-refractivity contribution < 1.29 is 14.9 Å². The first-order valence-electron chi connectivity index (χ1n) is 10.9. The zero-order valence-corrected chi connectivity index (χ0v) is 18.0. The van der Waals surface area contributed by atoms with Crippen molar-refractivity contribution in [3.63, 3.8) is 0 Å². The van der Waals surface area contributed by atoms with Crippen molar-refractivity contribution in [3.05, 3.63) is 28.8 Å². The van der Waals surface area contributed by atoms with E-state index in [4.69, 9.17) is 4.74 Å². The van der Waals surface area contributed by atoms with Gasteiger partial charge in [-0.2, -0.15) is 0 Å². The Hall–Kier alpha value is -2.38. The molecule has 4 heterocycles. The molecule has 7 nitrogen and oxygen atoms in total. The van der Waals surface area contributed by atoms with Gasteiger partial charge in [-0.15, -0.1) is 10.2 Å². The highest BCUT2D eigenvalue weighted by Crippen LogP contribution is 2.45.